The van der Waals surface area contributed by atoms with Crippen molar-refractivity contribution in [2.24, 2.45) is 5.16 Å². The average molecular weight is 359 g/mol. The van der Waals surface area contributed by atoms with Crippen LogP contribution >= 0.6 is 15.9 Å². The second-order valence-corrected chi connectivity index (χ2v) is 5.23. The first-order valence-electron chi connectivity index (χ1n) is 5.36. The molecular weight excluding hydrogens is 351 g/mol. The normalized spacial score (nSPS) is 21.3. The highest BCUT2D eigenvalue weighted by Gasteiger charge is 2.63. The van der Waals surface area contributed by atoms with Gasteiger partial charge in [0, 0.05) is 4.47 Å². The van der Waals surface area contributed by atoms with E-state index in [9.17, 15) is 22.0 Å². The summed E-state index contributed by atoms with van der Waals surface area (Å²) in [6.45, 7) is -2.71. The van der Waals surface area contributed by atoms with Gasteiger partial charge < -0.3 is 10.1 Å². The van der Waals surface area contributed by atoms with Crippen LogP contribution in [0, 0.1) is 5.82 Å². The van der Waals surface area contributed by atoms with Gasteiger partial charge in [0.25, 0.3) is 0 Å². The molecule has 9 heteroatoms. The lowest BCUT2D eigenvalue weighted by atomic mass is 10.2. The quantitative estimate of drug-likeness (QED) is 0.275. The van der Waals surface area contributed by atoms with Crippen LogP contribution in [0.15, 0.2) is 27.8 Å². The van der Waals surface area contributed by atoms with Gasteiger partial charge in [0.2, 0.25) is 0 Å². The molecule has 1 heterocycles. The van der Waals surface area contributed by atoms with Crippen molar-refractivity contribution in [3.05, 3.63) is 34.1 Å². The molecule has 3 nitrogen and oxygen atoms in total. The SMILES string of the molecule is O/N=C(/c1cc(Br)ccc1F)N1CC(F)(F)C(F)(F)C1. The molecule has 0 atom stereocenters. The zero-order valence-electron chi connectivity index (χ0n) is 9.76. The molecule has 1 aromatic rings. The summed E-state index contributed by atoms with van der Waals surface area (Å²) in [6, 6.07) is 3.48. The van der Waals surface area contributed by atoms with Crippen molar-refractivity contribution in [2.75, 3.05) is 13.1 Å². The van der Waals surface area contributed by atoms with Crippen molar-refractivity contribution in [3.63, 3.8) is 0 Å². The number of halogens is 6. The molecule has 1 N–H and O–H groups in total. The lowest BCUT2D eigenvalue weighted by Crippen LogP contribution is -2.38. The van der Waals surface area contributed by atoms with Crippen molar-refractivity contribution < 1.29 is 27.2 Å². The molecule has 1 fully saturated rings. The third-order valence-corrected chi connectivity index (χ3v) is 3.37. The molecule has 1 aliphatic heterocycles. The van der Waals surface area contributed by atoms with Gasteiger partial charge in [-0.2, -0.15) is 17.6 Å². The highest BCUT2D eigenvalue weighted by Crippen LogP contribution is 2.41. The first kappa shape index (κ1) is 15.0. The summed E-state index contributed by atoms with van der Waals surface area (Å²) in [7, 11) is 0. The van der Waals surface area contributed by atoms with Gasteiger partial charge in [0.15, 0.2) is 5.84 Å². The fourth-order valence-corrected chi connectivity index (χ4v) is 2.23. The fraction of sp³-hybridized carbons (Fsp3) is 0.364. The largest absolute Gasteiger partial charge is 0.409 e. The Labute approximate surface area is 118 Å². The maximum absolute atomic E-state index is 13.6. The zero-order chi connectivity index (χ0) is 15.1. The van der Waals surface area contributed by atoms with Crippen molar-refractivity contribution in [2.45, 2.75) is 11.8 Å². The third-order valence-electron chi connectivity index (χ3n) is 2.88. The summed E-state index contributed by atoms with van der Waals surface area (Å²) < 4.78 is 66.5. The van der Waals surface area contributed by atoms with Crippen LogP contribution in [0.4, 0.5) is 22.0 Å². The molecule has 0 aromatic heterocycles. The predicted octanol–water partition coefficient (Wildman–Crippen LogP) is 3.31. The maximum atomic E-state index is 13.6. The first-order chi connectivity index (χ1) is 9.18. The summed E-state index contributed by atoms with van der Waals surface area (Å²) in [4.78, 5) is 0.449. The first-order valence-corrected chi connectivity index (χ1v) is 6.15. The Kier molecular flexibility index (Phi) is 3.66. The summed E-state index contributed by atoms with van der Waals surface area (Å²) in [6.07, 6.45) is 0. The van der Waals surface area contributed by atoms with Gasteiger partial charge in [-0.1, -0.05) is 21.1 Å². The van der Waals surface area contributed by atoms with Gasteiger partial charge in [-0.3, -0.25) is 0 Å². The van der Waals surface area contributed by atoms with Gasteiger partial charge in [0.1, 0.15) is 5.82 Å². The molecular formula is C11H8BrF5N2O. The molecule has 2 rings (SSSR count). The monoisotopic (exact) mass is 358 g/mol. The second kappa shape index (κ2) is 4.87. The van der Waals surface area contributed by atoms with Gasteiger partial charge in [-0.25, -0.2) is 4.39 Å². The summed E-state index contributed by atoms with van der Waals surface area (Å²) in [5.74, 6) is -10.1. The Morgan fingerprint density at radius 3 is 2.25 bits per heavy atom. The minimum absolute atomic E-state index is 0.352. The molecule has 0 saturated carbocycles. The number of hydrogen-bond acceptors (Lipinski definition) is 2. The lowest BCUT2D eigenvalue weighted by Gasteiger charge is -2.18. The molecule has 1 aromatic carbocycles. The number of oxime groups is 1. The highest BCUT2D eigenvalue weighted by atomic mass is 79.9. The third kappa shape index (κ3) is 2.46. The van der Waals surface area contributed by atoms with E-state index in [2.05, 4.69) is 21.1 Å². The fourth-order valence-electron chi connectivity index (χ4n) is 1.87. The van der Waals surface area contributed by atoms with Crippen molar-refractivity contribution in [1.29, 1.82) is 0 Å². The van der Waals surface area contributed by atoms with Crippen LogP contribution in [0.25, 0.3) is 0 Å². The topological polar surface area (TPSA) is 35.8 Å². The van der Waals surface area contributed by atoms with Crippen LogP contribution in [-0.4, -0.2) is 40.9 Å². The number of likely N-dealkylation sites (tertiary alicyclic amines) is 1. The van der Waals surface area contributed by atoms with Crippen LogP contribution in [-0.2, 0) is 0 Å². The molecule has 1 saturated heterocycles. The van der Waals surface area contributed by atoms with Gasteiger partial charge in [-0.05, 0) is 18.2 Å². The number of nitrogens with zero attached hydrogens (tertiary/aromatic N) is 2. The van der Waals surface area contributed by atoms with E-state index in [1.54, 1.807) is 0 Å². The molecule has 0 amide bonds. The van der Waals surface area contributed by atoms with Crippen molar-refractivity contribution in [3.8, 4) is 0 Å². The Balaban J connectivity index is 2.39. The van der Waals surface area contributed by atoms with Gasteiger partial charge in [-0.15, -0.1) is 0 Å². The van der Waals surface area contributed by atoms with E-state index in [-0.39, 0.29) is 5.56 Å². The minimum atomic E-state index is -4.27. The van der Waals surface area contributed by atoms with E-state index < -0.39 is 36.6 Å². The molecule has 0 radical (unpaired) electrons. The zero-order valence-corrected chi connectivity index (χ0v) is 11.3. The van der Waals surface area contributed by atoms with E-state index in [0.29, 0.717) is 9.37 Å². The summed E-state index contributed by atoms with van der Waals surface area (Å²) in [5.41, 5.74) is -0.352. The Hall–Kier alpha value is -1.38. The van der Waals surface area contributed by atoms with E-state index >= 15 is 0 Å². The van der Waals surface area contributed by atoms with E-state index in [1.165, 1.54) is 6.07 Å². The van der Waals surface area contributed by atoms with Crippen LogP contribution in [0.3, 0.4) is 0 Å². The van der Waals surface area contributed by atoms with Crippen LogP contribution in [0.1, 0.15) is 5.56 Å². The minimum Gasteiger partial charge on any atom is -0.409 e. The van der Waals surface area contributed by atoms with Gasteiger partial charge >= 0.3 is 11.8 Å². The number of alkyl halides is 4. The molecule has 0 spiro atoms. The standard InChI is InChI=1S/C11H8BrF5N2O/c12-6-1-2-8(13)7(3-6)9(18-20)19-4-10(14,15)11(16,17)5-19/h1-3,20H,4-5H2/b18-9-. The van der Waals surface area contributed by atoms with Crippen LogP contribution in [0.5, 0.6) is 0 Å². The number of benzene rings is 1. The van der Waals surface area contributed by atoms with E-state index in [1.807, 2.05) is 0 Å². The highest BCUT2D eigenvalue weighted by molar-refractivity contribution is 9.10. The lowest BCUT2D eigenvalue weighted by molar-refractivity contribution is -0.172. The van der Waals surface area contributed by atoms with Crippen molar-refractivity contribution in [1.82, 2.24) is 4.90 Å². The molecule has 0 unspecified atom stereocenters. The smallest absolute Gasteiger partial charge is 0.329 e. The van der Waals surface area contributed by atoms with Gasteiger partial charge in [0.05, 0.1) is 18.7 Å². The maximum Gasteiger partial charge on any atom is 0.329 e. The Morgan fingerprint density at radius 1 is 1.20 bits per heavy atom. The number of rotatable bonds is 1. The predicted molar refractivity (Wildman–Crippen MR) is 63.9 cm³/mol. The van der Waals surface area contributed by atoms with E-state index in [0.717, 1.165) is 12.1 Å². The van der Waals surface area contributed by atoms with Crippen molar-refractivity contribution >= 4 is 21.8 Å². The number of amidine groups is 1. The summed E-state index contributed by atoms with van der Waals surface area (Å²) >= 11 is 3.03. The van der Waals surface area contributed by atoms with E-state index in [4.69, 9.17) is 5.21 Å². The molecule has 0 bridgehead atoms. The molecule has 20 heavy (non-hydrogen) atoms. The molecule has 1 aliphatic rings. The molecule has 110 valence electrons. The second-order valence-electron chi connectivity index (χ2n) is 4.31. The summed E-state index contributed by atoms with van der Waals surface area (Å²) in [5, 5.41) is 11.6. The van der Waals surface area contributed by atoms with Crippen LogP contribution < -0.4 is 0 Å². The Bertz CT molecular complexity index is 548. The molecule has 0 aliphatic carbocycles. The van der Waals surface area contributed by atoms with Crippen LogP contribution in [0.2, 0.25) is 0 Å². The number of hydrogen-bond donors (Lipinski definition) is 1. The Morgan fingerprint density at radius 2 is 1.75 bits per heavy atom. The average Bonchev–Trinajstić information content (AvgIpc) is 2.54.